The summed E-state index contributed by atoms with van der Waals surface area (Å²) in [6.45, 7) is 0.927. The quantitative estimate of drug-likeness (QED) is 0.925. The highest BCUT2D eigenvalue weighted by Gasteiger charge is 2.32. The minimum Gasteiger partial charge on any atom is -0.388 e. The van der Waals surface area contributed by atoms with Gasteiger partial charge >= 0.3 is 6.18 Å². The molecule has 3 nitrogen and oxygen atoms in total. The Hall–Kier alpha value is -0.820. The van der Waals surface area contributed by atoms with Crippen LogP contribution in [0.5, 0.6) is 0 Å². The summed E-state index contributed by atoms with van der Waals surface area (Å²) in [5.41, 5.74) is 0.759. The van der Waals surface area contributed by atoms with E-state index in [4.69, 9.17) is 0 Å². The number of aliphatic hydroxyl groups is 1. The Morgan fingerprint density at radius 1 is 1.50 bits per heavy atom. The highest BCUT2D eigenvalue weighted by Crippen LogP contribution is 2.38. The average Bonchev–Trinajstić information content (AvgIpc) is 2.70. The zero-order valence-electron chi connectivity index (χ0n) is 10.00. The molecule has 1 unspecified atom stereocenters. The van der Waals surface area contributed by atoms with Crippen molar-refractivity contribution in [3.05, 3.63) is 10.6 Å². The van der Waals surface area contributed by atoms with Crippen molar-refractivity contribution >= 4 is 16.5 Å². The Balaban J connectivity index is 2.22. The first-order valence-electron chi connectivity index (χ1n) is 5.90. The first-order valence-corrected chi connectivity index (χ1v) is 6.71. The lowest BCUT2D eigenvalue weighted by Gasteiger charge is -2.21. The standard InChI is InChI=1S/C11H15F3N2OS/c1-2-16(6-11(12,13)14)10-15-7-4-3-5-8(17)9(7)18-10/h8,17H,2-6H2,1H3. The second-order valence-corrected chi connectivity index (χ2v) is 5.35. The molecule has 0 bridgehead atoms. The second kappa shape index (κ2) is 5.05. The molecule has 0 spiro atoms. The Bertz CT molecular complexity index is 419. The Morgan fingerprint density at radius 2 is 2.22 bits per heavy atom. The van der Waals surface area contributed by atoms with E-state index < -0.39 is 18.8 Å². The van der Waals surface area contributed by atoms with Gasteiger partial charge in [-0.2, -0.15) is 13.2 Å². The summed E-state index contributed by atoms with van der Waals surface area (Å²) in [6.07, 6.45) is -2.56. The third-order valence-electron chi connectivity index (χ3n) is 2.93. The number of nitrogens with zero attached hydrogens (tertiary/aromatic N) is 2. The molecular formula is C11H15F3N2OS. The van der Waals surface area contributed by atoms with Crippen LogP contribution in [0, 0.1) is 0 Å². The SMILES string of the molecule is CCN(CC(F)(F)F)c1nc2c(s1)C(O)CCC2. The molecule has 1 N–H and O–H groups in total. The van der Waals surface area contributed by atoms with Gasteiger partial charge in [-0.25, -0.2) is 4.98 Å². The molecule has 1 aliphatic carbocycles. The first-order chi connectivity index (χ1) is 8.40. The lowest BCUT2D eigenvalue weighted by Crippen LogP contribution is -2.34. The summed E-state index contributed by atoms with van der Waals surface area (Å²) >= 11 is 1.18. The maximum Gasteiger partial charge on any atom is 0.406 e. The van der Waals surface area contributed by atoms with Crippen LogP contribution in [0.4, 0.5) is 18.3 Å². The maximum atomic E-state index is 12.4. The van der Waals surface area contributed by atoms with E-state index in [0.29, 0.717) is 11.6 Å². The fourth-order valence-electron chi connectivity index (χ4n) is 2.05. The summed E-state index contributed by atoms with van der Waals surface area (Å²) in [6, 6.07) is 0. The molecule has 0 aromatic carbocycles. The highest BCUT2D eigenvalue weighted by molar-refractivity contribution is 7.15. The van der Waals surface area contributed by atoms with E-state index in [-0.39, 0.29) is 6.54 Å². The predicted octanol–water partition coefficient (Wildman–Crippen LogP) is 2.90. The van der Waals surface area contributed by atoms with Gasteiger partial charge in [0.15, 0.2) is 5.13 Å². The Morgan fingerprint density at radius 3 is 2.78 bits per heavy atom. The third kappa shape index (κ3) is 2.95. The molecule has 18 heavy (non-hydrogen) atoms. The summed E-state index contributed by atoms with van der Waals surface area (Å²) in [4.78, 5) is 6.18. The maximum absolute atomic E-state index is 12.4. The smallest absolute Gasteiger partial charge is 0.388 e. The first kappa shape index (κ1) is 13.6. The van der Waals surface area contributed by atoms with Gasteiger partial charge in [-0.3, -0.25) is 0 Å². The number of aliphatic hydroxyl groups excluding tert-OH is 1. The number of halogens is 3. The molecule has 0 aliphatic heterocycles. The normalized spacial score (nSPS) is 19.7. The van der Waals surface area contributed by atoms with Gasteiger partial charge in [0.05, 0.1) is 16.7 Å². The predicted molar refractivity (Wildman–Crippen MR) is 64.0 cm³/mol. The lowest BCUT2D eigenvalue weighted by molar-refractivity contribution is -0.119. The van der Waals surface area contributed by atoms with Crippen LogP contribution >= 0.6 is 11.3 Å². The van der Waals surface area contributed by atoms with Crippen molar-refractivity contribution in [1.82, 2.24) is 4.98 Å². The summed E-state index contributed by atoms with van der Waals surface area (Å²) < 4.78 is 37.3. The van der Waals surface area contributed by atoms with Crippen LogP contribution in [0.15, 0.2) is 0 Å². The van der Waals surface area contributed by atoms with Gasteiger partial charge in [-0.15, -0.1) is 0 Å². The van der Waals surface area contributed by atoms with Crippen LogP contribution in [-0.2, 0) is 6.42 Å². The third-order valence-corrected chi connectivity index (χ3v) is 4.19. The number of aromatic nitrogens is 1. The molecule has 1 aliphatic rings. The number of fused-ring (bicyclic) bond motifs is 1. The van der Waals surface area contributed by atoms with E-state index in [1.807, 2.05) is 0 Å². The molecule has 0 saturated carbocycles. The topological polar surface area (TPSA) is 36.4 Å². The van der Waals surface area contributed by atoms with Gasteiger partial charge in [0, 0.05) is 6.54 Å². The van der Waals surface area contributed by atoms with Gasteiger partial charge in [0.2, 0.25) is 0 Å². The molecule has 102 valence electrons. The molecular weight excluding hydrogens is 265 g/mol. The van der Waals surface area contributed by atoms with Crippen molar-refractivity contribution in [2.75, 3.05) is 18.0 Å². The fourth-order valence-corrected chi connectivity index (χ4v) is 3.25. The molecule has 0 amide bonds. The van der Waals surface area contributed by atoms with E-state index in [2.05, 4.69) is 4.98 Å². The van der Waals surface area contributed by atoms with Crippen molar-refractivity contribution in [3.63, 3.8) is 0 Å². The van der Waals surface area contributed by atoms with E-state index >= 15 is 0 Å². The van der Waals surface area contributed by atoms with Crippen LogP contribution in [0.2, 0.25) is 0 Å². The highest BCUT2D eigenvalue weighted by atomic mass is 32.1. The monoisotopic (exact) mass is 280 g/mol. The number of rotatable bonds is 3. The summed E-state index contributed by atoms with van der Waals surface area (Å²) in [5, 5.41) is 10.2. The minimum atomic E-state index is -4.24. The summed E-state index contributed by atoms with van der Waals surface area (Å²) in [7, 11) is 0. The molecule has 1 aromatic heterocycles. The van der Waals surface area contributed by atoms with Gasteiger partial charge in [0.1, 0.15) is 6.54 Å². The average molecular weight is 280 g/mol. The van der Waals surface area contributed by atoms with Gasteiger partial charge in [-0.05, 0) is 26.2 Å². The van der Waals surface area contributed by atoms with Crippen LogP contribution in [0.3, 0.4) is 0 Å². The number of aryl methyl sites for hydroxylation is 1. The van der Waals surface area contributed by atoms with Crippen molar-refractivity contribution in [2.45, 2.75) is 38.5 Å². The van der Waals surface area contributed by atoms with Crippen LogP contribution < -0.4 is 4.90 Å². The van der Waals surface area contributed by atoms with E-state index in [9.17, 15) is 18.3 Å². The van der Waals surface area contributed by atoms with Gasteiger partial charge in [-0.1, -0.05) is 11.3 Å². The van der Waals surface area contributed by atoms with Gasteiger partial charge < -0.3 is 10.0 Å². The van der Waals surface area contributed by atoms with Crippen molar-refractivity contribution in [1.29, 1.82) is 0 Å². The number of alkyl halides is 3. The van der Waals surface area contributed by atoms with Crippen molar-refractivity contribution in [3.8, 4) is 0 Å². The van der Waals surface area contributed by atoms with Crippen molar-refractivity contribution < 1.29 is 18.3 Å². The van der Waals surface area contributed by atoms with E-state index in [0.717, 1.165) is 23.4 Å². The van der Waals surface area contributed by atoms with Crippen LogP contribution in [0.1, 0.15) is 36.4 Å². The lowest BCUT2D eigenvalue weighted by atomic mass is 10.0. The number of anilines is 1. The fraction of sp³-hybridized carbons (Fsp3) is 0.727. The Labute approximate surface area is 107 Å². The summed E-state index contributed by atoms with van der Waals surface area (Å²) in [5.74, 6) is 0. The van der Waals surface area contributed by atoms with E-state index in [1.165, 1.54) is 16.2 Å². The van der Waals surface area contributed by atoms with Crippen LogP contribution in [0.25, 0.3) is 0 Å². The molecule has 1 heterocycles. The minimum absolute atomic E-state index is 0.252. The molecule has 1 aromatic rings. The zero-order valence-corrected chi connectivity index (χ0v) is 10.8. The zero-order chi connectivity index (χ0) is 13.3. The molecule has 0 saturated heterocycles. The largest absolute Gasteiger partial charge is 0.406 e. The number of hydrogen-bond donors (Lipinski definition) is 1. The van der Waals surface area contributed by atoms with Crippen molar-refractivity contribution in [2.24, 2.45) is 0 Å². The van der Waals surface area contributed by atoms with E-state index in [1.54, 1.807) is 6.92 Å². The molecule has 2 rings (SSSR count). The molecule has 0 radical (unpaired) electrons. The van der Waals surface area contributed by atoms with Gasteiger partial charge in [0.25, 0.3) is 0 Å². The Kier molecular flexibility index (Phi) is 3.82. The number of thiazole rings is 1. The number of hydrogen-bond acceptors (Lipinski definition) is 4. The molecule has 7 heteroatoms. The second-order valence-electron chi connectivity index (χ2n) is 4.34. The van der Waals surface area contributed by atoms with Crippen LogP contribution in [-0.4, -0.2) is 29.4 Å². The molecule has 1 atom stereocenters. The molecule has 0 fully saturated rings.